The van der Waals surface area contributed by atoms with Gasteiger partial charge in [-0.05, 0) is 37.8 Å². The summed E-state index contributed by atoms with van der Waals surface area (Å²) in [5.41, 5.74) is -0.528. The number of fused-ring (bicyclic) bond motifs is 2. The largest absolute Gasteiger partial charge is 0.294 e. The summed E-state index contributed by atoms with van der Waals surface area (Å²) < 4.78 is 51.8. The number of hydrogen-bond donors (Lipinski definition) is 0. The van der Waals surface area contributed by atoms with Gasteiger partial charge in [0.2, 0.25) is 0 Å². The van der Waals surface area contributed by atoms with Gasteiger partial charge in [0.05, 0.1) is 16.1 Å². The van der Waals surface area contributed by atoms with Gasteiger partial charge in [-0.1, -0.05) is 12.5 Å². The number of halogens is 2. The minimum Gasteiger partial charge on any atom is -0.294 e. The van der Waals surface area contributed by atoms with E-state index in [1.54, 1.807) is 0 Å². The maximum atomic E-state index is 13.7. The number of hydrogen-bond acceptors (Lipinski definition) is 3. The summed E-state index contributed by atoms with van der Waals surface area (Å²) in [6.07, 6.45) is 2.30. The molecule has 2 bridgehead atoms. The van der Waals surface area contributed by atoms with Gasteiger partial charge in [-0.15, -0.1) is 0 Å². The van der Waals surface area contributed by atoms with E-state index in [1.807, 2.05) is 0 Å². The molecule has 2 unspecified atom stereocenters. The normalized spacial score (nSPS) is 30.9. The molecule has 3 rings (SSSR count). The Balaban J connectivity index is 1.91. The molecule has 114 valence electrons. The summed E-state index contributed by atoms with van der Waals surface area (Å²) in [6.45, 7) is 0. The van der Waals surface area contributed by atoms with Crippen LogP contribution in [0.5, 0.6) is 0 Å². The minimum absolute atomic E-state index is 0.186. The van der Waals surface area contributed by atoms with Gasteiger partial charge >= 0.3 is 0 Å². The zero-order valence-corrected chi connectivity index (χ0v) is 12.2. The summed E-state index contributed by atoms with van der Waals surface area (Å²) in [5.74, 6) is -2.95. The topological polar surface area (TPSA) is 51.2 Å². The number of carbonyl (C=O) groups excluding carboxylic acids is 1. The van der Waals surface area contributed by atoms with Crippen LogP contribution in [0, 0.1) is 17.6 Å². The number of benzene rings is 1. The maximum absolute atomic E-state index is 13.7. The van der Waals surface area contributed by atoms with Crippen molar-refractivity contribution in [2.45, 2.75) is 42.6 Å². The number of rotatable bonds is 2. The molecule has 3 nitrogen and oxygen atoms in total. The van der Waals surface area contributed by atoms with E-state index < -0.39 is 49.2 Å². The number of sulfone groups is 1. The number of Topliss-reactive ketones (excluding diaryl/α,β-unsaturated/α-hetero) is 1. The first kappa shape index (κ1) is 14.6. The lowest BCUT2D eigenvalue weighted by Crippen LogP contribution is -2.45. The summed E-state index contributed by atoms with van der Waals surface area (Å²) in [5, 5.41) is -1.07. The van der Waals surface area contributed by atoms with Gasteiger partial charge in [0.15, 0.2) is 15.6 Å². The zero-order chi connectivity index (χ0) is 15.2. The Morgan fingerprint density at radius 3 is 2.10 bits per heavy atom. The van der Waals surface area contributed by atoms with Crippen molar-refractivity contribution in [2.75, 3.05) is 0 Å². The van der Waals surface area contributed by atoms with Gasteiger partial charge in [-0.25, -0.2) is 17.2 Å². The van der Waals surface area contributed by atoms with Crippen LogP contribution >= 0.6 is 0 Å². The maximum Gasteiger partial charge on any atom is 0.171 e. The van der Waals surface area contributed by atoms with E-state index in [0.717, 1.165) is 18.6 Å². The summed E-state index contributed by atoms with van der Waals surface area (Å²) in [6, 6.07) is 3.31. The van der Waals surface area contributed by atoms with Gasteiger partial charge < -0.3 is 0 Å². The fourth-order valence-corrected chi connectivity index (χ4v) is 6.10. The highest BCUT2D eigenvalue weighted by Crippen LogP contribution is 2.40. The van der Waals surface area contributed by atoms with Gasteiger partial charge in [-0.3, -0.25) is 4.79 Å². The van der Waals surface area contributed by atoms with Gasteiger partial charge in [0.25, 0.3) is 0 Å². The second kappa shape index (κ2) is 5.16. The smallest absolute Gasteiger partial charge is 0.171 e. The quantitative estimate of drug-likeness (QED) is 0.789. The van der Waals surface area contributed by atoms with E-state index in [0.29, 0.717) is 12.8 Å². The zero-order valence-electron chi connectivity index (χ0n) is 11.4. The highest BCUT2D eigenvalue weighted by atomic mass is 32.2. The highest BCUT2D eigenvalue weighted by molar-refractivity contribution is 7.92. The molecule has 2 aliphatic heterocycles. The molecule has 2 atom stereocenters. The second-order valence-electron chi connectivity index (χ2n) is 5.89. The third kappa shape index (κ3) is 2.39. The van der Waals surface area contributed by atoms with Crippen LogP contribution in [0.1, 0.15) is 42.5 Å². The molecular formula is C15H16F2O3S. The molecule has 2 heterocycles. The van der Waals surface area contributed by atoms with Crippen molar-refractivity contribution in [1.82, 2.24) is 0 Å². The molecule has 6 heteroatoms. The summed E-state index contributed by atoms with van der Waals surface area (Å²) in [4.78, 5) is 12.4. The molecule has 2 fully saturated rings. The minimum atomic E-state index is -3.17. The van der Waals surface area contributed by atoms with Crippen LogP contribution in [0.4, 0.5) is 8.78 Å². The molecule has 2 saturated heterocycles. The van der Waals surface area contributed by atoms with Crippen molar-refractivity contribution in [3.05, 3.63) is 35.4 Å². The van der Waals surface area contributed by atoms with E-state index in [9.17, 15) is 22.0 Å². The molecule has 0 aliphatic carbocycles. The van der Waals surface area contributed by atoms with Crippen molar-refractivity contribution >= 4 is 15.6 Å². The van der Waals surface area contributed by atoms with E-state index in [4.69, 9.17) is 0 Å². The third-order valence-electron chi connectivity index (χ3n) is 4.66. The first-order valence-electron chi connectivity index (χ1n) is 7.12. The lowest BCUT2D eigenvalue weighted by Gasteiger charge is -2.38. The molecule has 2 aliphatic rings. The highest BCUT2D eigenvalue weighted by Gasteiger charge is 2.46. The van der Waals surface area contributed by atoms with Crippen molar-refractivity contribution in [2.24, 2.45) is 5.92 Å². The number of carbonyl (C=O) groups is 1. The van der Waals surface area contributed by atoms with Gasteiger partial charge in [0, 0.05) is 5.92 Å². The Morgan fingerprint density at radius 1 is 1.05 bits per heavy atom. The van der Waals surface area contributed by atoms with Gasteiger partial charge in [0.1, 0.15) is 11.6 Å². The van der Waals surface area contributed by atoms with Crippen molar-refractivity contribution in [1.29, 1.82) is 0 Å². The van der Waals surface area contributed by atoms with Crippen LogP contribution in [0.25, 0.3) is 0 Å². The Kier molecular flexibility index (Phi) is 3.59. The molecule has 0 saturated carbocycles. The molecule has 0 spiro atoms. The van der Waals surface area contributed by atoms with Crippen molar-refractivity contribution in [3.63, 3.8) is 0 Å². The van der Waals surface area contributed by atoms with Crippen molar-refractivity contribution < 1.29 is 22.0 Å². The first-order chi connectivity index (χ1) is 9.91. The second-order valence-corrected chi connectivity index (χ2v) is 8.40. The Hall–Kier alpha value is -1.30. The van der Waals surface area contributed by atoms with Crippen LogP contribution in [0.2, 0.25) is 0 Å². The molecular weight excluding hydrogens is 298 g/mol. The molecule has 0 radical (unpaired) electrons. The SMILES string of the molecule is O=C(c1c(F)cccc1F)C1CC2CCCC(C1)S2(=O)=O. The average molecular weight is 314 g/mol. The Bertz CT molecular complexity index is 644. The summed E-state index contributed by atoms with van der Waals surface area (Å²) >= 11 is 0. The van der Waals surface area contributed by atoms with Gasteiger partial charge in [-0.2, -0.15) is 0 Å². The summed E-state index contributed by atoms with van der Waals surface area (Å²) in [7, 11) is -3.17. The fraction of sp³-hybridized carbons (Fsp3) is 0.533. The molecule has 21 heavy (non-hydrogen) atoms. The Labute approximate surface area is 122 Å². The molecule has 1 aromatic rings. The van der Waals surface area contributed by atoms with Crippen molar-refractivity contribution in [3.8, 4) is 0 Å². The fourth-order valence-electron chi connectivity index (χ4n) is 3.56. The lowest BCUT2D eigenvalue weighted by atomic mass is 9.84. The van der Waals surface area contributed by atoms with E-state index in [-0.39, 0.29) is 12.8 Å². The predicted octanol–water partition coefficient (Wildman–Crippen LogP) is 2.89. The monoisotopic (exact) mass is 314 g/mol. The third-order valence-corrected chi connectivity index (χ3v) is 7.37. The molecule has 0 amide bonds. The van der Waals surface area contributed by atoms with Crippen LogP contribution in [0.3, 0.4) is 0 Å². The molecule has 0 N–H and O–H groups in total. The van der Waals surface area contributed by atoms with Crippen LogP contribution in [-0.2, 0) is 9.84 Å². The molecule has 0 aromatic heterocycles. The van der Waals surface area contributed by atoms with Crippen LogP contribution in [0.15, 0.2) is 18.2 Å². The first-order valence-corrected chi connectivity index (χ1v) is 8.73. The van der Waals surface area contributed by atoms with Crippen LogP contribution < -0.4 is 0 Å². The van der Waals surface area contributed by atoms with E-state index >= 15 is 0 Å². The van der Waals surface area contributed by atoms with E-state index in [1.165, 1.54) is 6.07 Å². The predicted molar refractivity (Wildman–Crippen MR) is 73.8 cm³/mol. The molecule has 1 aromatic carbocycles. The lowest BCUT2D eigenvalue weighted by molar-refractivity contribution is 0.0885. The Morgan fingerprint density at radius 2 is 1.57 bits per heavy atom. The average Bonchev–Trinajstić information content (AvgIpc) is 2.36. The standard InChI is InChI=1S/C15H16F2O3S/c16-12-5-2-6-13(17)14(12)15(18)9-7-10-3-1-4-11(8-9)21(10,19)20/h2,5-6,9-11H,1,3-4,7-8H2. The van der Waals surface area contributed by atoms with E-state index in [2.05, 4.69) is 0 Å². The van der Waals surface area contributed by atoms with Crippen LogP contribution in [-0.4, -0.2) is 24.7 Å². The number of ketones is 1.